The maximum atomic E-state index is 14.9. The Hall–Kier alpha value is -3.67. The van der Waals surface area contributed by atoms with Gasteiger partial charge in [-0.2, -0.15) is 13.2 Å². The van der Waals surface area contributed by atoms with E-state index in [9.17, 15) is 27.2 Å². The van der Waals surface area contributed by atoms with E-state index in [-0.39, 0.29) is 45.5 Å². The van der Waals surface area contributed by atoms with Crippen LogP contribution in [-0.4, -0.2) is 44.9 Å². The Morgan fingerprint density at radius 3 is 2.75 bits per heavy atom. The summed E-state index contributed by atoms with van der Waals surface area (Å²) >= 11 is 6.30. The standard InChI is InChI=1S/C23H18ClF4N5O3/c24-15-8-18(16(25)7-13(15)17-2-4-21(32-31-17)36-10-23(26,27)28)30-22(35)33-12-1-3-19(33)14-9-29-20(34)6-11(14)5-12/h2,4,6-9,12,19H,1,3,5,10H2,(H,29,34)(H,30,35)/t12?,19-/m1/s1. The molecule has 5 rings (SSSR count). The molecule has 36 heavy (non-hydrogen) atoms. The first-order chi connectivity index (χ1) is 17.1. The minimum Gasteiger partial charge on any atom is -0.467 e. The van der Waals surface area contributed by atoms with E-state index in [4.69, 9.17) is 11.6 Å². The minimum atomic E-state index is -4.52. The number of alkyl halides is 3. The first-order valence-electron chi connectivity index (χ1n) is 10.9. The van der Waals surface area contributed by atoms with Crippen molar-refractivity contribution in [3.05, 3.63) is 68.8 Å². The van der Waals surface area contributed by atoms with Crippen molar-refractivity contribution in [2.75, 3.05) is 11.9 Å². The molecular formula is C23H18ClF4N5O3. The number of H-pyrrole nitrogens is 1. The second-order valence-corrected chi connectivity index (χ2v) is 8.95. The van der Waals surface area contributed by atoms with E-state index in [0.29, 0.717) is 6.42 Å². The quantitative estimate of drug-likeness (QED) is 0.476. The minimum absolute atomic E-state index is 0.0505. The summed E-state index contributed by atoms with van der Waals surface area (Å²) in [5.41, 5.74) is 1.68. The predicted molar refractivity (Wildman–Crippen MR) is 121 cm³/mol. The topological polar surface area (TPSA) is 100 Å². The van der Waals surface area contributed by atoms with Gasteiger partial charge < -0.3 is 19.9 Å². The first-order valence-corrected chi connectivity index (χ1v) is 11.3. The zero-order valence-electron chi connectivity index (χ0n) is 18.4. The number of rotatable bonds is 4. The number of pyridine rings is 1. The molecule has 2 aromatic heterocycles. The number of carbonyl (C=O) groups excluding carboxylic acids is 1. The Balaban J connectivity index is 1.32. The molecule has 2 N–H and O–H groups in total. The lowest BCUT2D eigenvalue weighted by molar-refractivity contribution is -0.154. The second-order valence-electron chi connectivity index (χ2n) is 8.54. The molecule has 1 saturated heterocycles. The SMILES string of the molecule is O=C(Nc1cc(Cl)c(-c2ccc(OCC(F)(F)F)nn2)cc1F)N1C2CC[C@@H]1c1c[nH]c(=O)cc1C2. The van der Waals surface area contributed by atoms with E-state index in [1.165, 1.54) is 12.1 Å². The molecular weight excluding hydrogens is 506 g/mol. The summed E-state index contributed by atoms with van der Waals surface area (Å²) in [5.74, 6) is -1.13. The Morgan fingerprint density at radius 1 is 1.22 bits per heavy atom. The fraction of sp³-hybridized carbons (Fsp3) is 0.304. The lowest BCUT2D eigenvalue weighted by atomic mass is 9.95. The van der Waals surface area contributed by atoms with Gasteiger partial charge >= 0.3 is 12.2 Å². The molecule has 0 radical (unpaired) electrons. The van der Waals surface area contributed by atoms with Crippen molar-refractivity contribution >= 4 is 23.3 Å². The van der Waals surface area contributed by atoms with Gasteiger partial charge in [0.05, 0.1) is 22.4 Å². The van der Waals surface area contributed by atoms with Gasteiger partial charge in [-0.15, -0.1) is 10.2 Å². The van der Waals surface area contributed by atoms with Crippen LogP contribution in [0.1, 0.15) is 30.0 Å². The van der Waals surface area contributed by atoms with Crippen LogP contribution in [0.15, 0.2) is 41.3 Å². The van der Waals surface area contributed by atoms with Crippen molar-refractivity contribution in [1.29, 1.82) is 0 Å². The smallest absolute Gasteiger partial charge is 0.422 e. The number of fused-ring (bicyclic) bond motifs is 4. The fourth-order valence-corrected chi connectivity index (χ4v) is 4.94. The average molecular weight is 524 g/mol. The van der Waals surface area contributed by atoms with E-state index in [1.807, 2.05) is 0 Å². The average Bonchev–Trinajstić information content (AvgIpc) is 3.14. The van der Waals surface area contributed by atoms with Crippen molar-refractivity contribution in [3.8, 4) is 17.1 Å². The monoisotopic (exact) mass is 523 g/mol. The number of hydrogen-bond acceptors (Lipinski definition) is 5. The van der Waals surface area contributed by atoms with E-state index in [0.717, 1.165) is 36.1 Å². The van der Waals surface area contributed by atoms with Crippen molar-refractivity contribution < 1.29 is 27.1 Å². The van der Waals surface area contributed by atoms with E-state index >= 15 is 0 Å². The maximum absolute atomic E-state index is 14.9. The van der Waals surface area contributed by atoms with Crippen LogP contribution in [-0.2, 0) is 6.42 Å². The number of benzene rings is 1. The maximum Gasteiger partial charge on any atom is 0.422 e. The largest absolute Gasteiger partial charge is 0.467 e. The summed E-state index contributed by atoms with van der Waals surface area (Å²) in [6, 6.07) is 5.46. The third-order valence-electron chi connectivity index (χ3n) is 6.20. The van der Waals surface area contributed by atoms with Crippen LogP contribution in [0.4, 0.5) is 28.0 Å². The Morgan fingerprint density at radius 2 is 2.03 bits per heavy atom. The van der Waals surface area contributed by atoms with Crippen LogP contribution in [0, 0.1) is 5.82 Å². The van der Waals surface area contributed by atoms with Gasteiger partial charge in [0.15, 0.2) is 6.61 Å². The molecule has 4 heterocycles. The molecule has 8 nitrogen and oxygen atoms in total. The van der Waals surface area contributed by atoms with Crippen LogP contribution in [0.5, 0.6) is 5.88 Å². The summed E-state index contributed by atoms with van der Waals surface area (Å²) < 4.78 is 56.3. The number of anilines is 1. The Kier molecular flexibility index (Phi) is 6.07. The summed E-state index contributed by atoms with van der Waals surface area (Å²) in [6.45, 7) is -1.52. The molecule has 2 bridgehead atoms. The molecule has 1 aromatic carbocycles. The number of urea groups is 1. The van der Waals surface area contributed by atoms with Gasteiger partial charge in [-0.3, -0.25) is 4.79 Å². The Bertz CT molecular complexity index is 1380. The number of amides is 2. The lowest BCUT2D eigenvalue weighted by Crippen LogP contribution is -2.44. The second kappa shape index (κ2) is 9.08. The van der Waals surface area contributed by atoms with Crippen LogP contribution in [0.3, 0.4) is 0 Å². The third-order valence-corrected chi connectivity index (χ3v) is 6.51. The zero-order chi connectivity index (χ0) is 25.6. The normalized spacial score (nSPS) is 18.6. The van der Waals surface area contributed by atoms with Gasteiger partial charge in [-0.25, -0.2) is 9.18 Å². The number of hydrogen-bond donors (Lipinski definition) is 2. The third kappa shape index (κ3) is 4.72. The molecule has 2 aliphatic rings. The highest BCUT2D eigenvalue weighted by Crippen LogP contribution is 2.43. The van der Waals surface area contributed by atoms with Gasteiger partial charge in [0.25, 0.3) is 0 Å². The highest BCUT2D eigenvalue weighted by atomic mass is 35.5. The van der Waals surface area contributed by atoms with Crippen LogP contribution < -0.4 is 15.6 Å². The van der Waals surface area contributed by atoms with E-state index < -0.39 is 24.6 Å². The number of aromatic amines is 1. The predicted octanol–water partition coefficient (Wildman–Crippen LogP) is 4.86. The molecule has 2 atom stereocenters. The van der Waals surface area contributed by atoms with Crippen molar-refractivity contribution in [3.63, 3.8) is 0 Å². The highest BCUT2D eigenvalue weighted by molar-refractivity contribution is 6.33. The summed E-state index contributed by atoms with van der Waals surface area (Å²) in [5, 5.41) is 9.94. The number of halogens is 5. The molecule has 188 valence electrons. The number of nitrogens with one attached hydrogen (secondary N) is 2. The van der Waals surface area contributed by atoms with Gasteiger partial charge in [-0.1, -0.05) is 11.6 Å². The molecule has 2 aliphatic heterocycles. The highest BCUT2D eigenvalue weighted by Gasteiger charge is 2.43. The summed E-state index contributed by atoms with van der Waals surface area (Å²) in [7, 11) is 0. The fourth-order valence-electron chi connectivity index (χ4n) is 4.68. The van der Waals surface area contributed by atoms with Gasteiger partial charge in [0, 0.05) is 29.9 Å². The lowest BCUT2D eigenvalue weighted by Gasteiger charge is -2.36. The summed E-state index contributed by atoms with van der Waals surface area (Å²) in [6.07, 6.45) is -0.891. The van der Waals surface area contributed by atoms with Crippen LogP contribution in [0.2, 0.25) is 5.02 Å². The van der Waals surface area contributed by atoms with Gasteiger partial charge in [-0.05, 0) is 48.6 Å². The van der Waals surface area contributed by atoms with Crippen molar-refractivity contribution in [2.24, 2.45) is 0 Å². The van der Waals surface area contributed by atoms with Gasteiger partial charge in [0.2, 0.25) is 11.4 Å². The first kappa shape index (κ1) is 24.0. The molecule has 1 fully saturated rings. The van der Waals surface area contributed by atoms with E-state index in [1.54, 1.807) is 17.2 Å². The molecule has 13 heteroatoms. The number of aromatic nitrogens is 3. The molecule has 0 spiro atoms. The molecule has 0 aliphatic carbocycles. The summed E-state index contributed by atoms with van der Waals surface area (Å²) in [4.78, 5) is 29.1. The van der Waals surface area contributed by atoms with Crippen molar-refractivity contribution in [2.45, 2.75) is 37.5 Å². The van der Waals surface area contributed by atoms with Crippen LogP contribution >= 0.6 is 11.6 Å². The molecule has 0 saturated carbocycles. The number of carbonyl (C=O) groups is 1. The van der Waals surface area contributed by atoms with Gasteiger partial charge in [0.1, 0.15) is 5.82 Å². The van der Waals surface area contributed by atoms with E-state index in [2.05, 4.69) is 25.2 Å². The van der Waals surface area contributed by atoms with Crippen LogP contribution in [0.25, 0.3) is 11.3 Å². The Labute approximate surface area is 206 Å². The molecule has 2 amide bonds. The van der Waals surface area contributed by atoms with Crippen molar-refractivity contribution in [1.82, 2.24) is 20.1 Å². The zero-order valence-corrected chi connectivity index (χ0v) is 19.2. The molecule has 3 aromatic rings. The number of nitrogens with zero attached hydrogens (tertiary/aromatic N) is 3. The number of ether oxygens (including phenoxy) is 1. The molecule has 1 unspecified atom stereocenters.